The van der Waals surface area contributed by atoms with Crippen LogP contribution >= 0.6 is 15.9 Å². The molecule has 0 aliphatic carbocycles. The minimum Gasteiger partial charge on any atom is -0.207 e. The minimum absolute atomic E-state index is 0.188. The van der Waals surface area contributed by atoms with E-state index in [1.54, 1.807) is 0 Å². The van der Waals surface area contributed by atoms with Gasteiger partial charge in [-0.05, 0) is 0 Å². The molecule has 0 aliphatic rings. The number of rotatable bonds is 2. The van der Waals surface area contributed by atoms with Crippen molar-refractivity contribution in [3.05, 3.63) is 6.92 Å². The maximum atomic E-state index is 11.6. The molecule has 0 atom stereocenters. The Morgan fingerprint density at radius 1 is 1.57 bits per heavy atom. The Labute approximate surface area is 50.0 Å². The van der Waals surface area contributed by atoms with Crippen LogP contribution in [0.3, 0.4) is 0 Å². The molecule has 0 aliphatic heterocycles. The second-order valence-electron chi connectivity index (χ2n) is 1.29. The van der Waals surface area contributed by atoms with Gasteiger partial charge in [0.05, 0.1) is 0 Å². The highest BCUT2D eigenvalue weighted by molar-refractivity contribution is 9.09. The molecule has 0 amide bonds. The van der Waals surface area contributed by atoms with Crippen LogP contribution in [0.25, 0.3) is 0 Å². The summed E-state index contributed by atoms with van der Waals surface area (Å²) in [7, 11) is 0. The number of alkyl halides is 3. The second kappa shape index (κ2) is 2.60. The van der Waals surface area contributed by atoms with Gasteiger partial charge in [0.25, 0.3) is 0 Å². The fraction of sp³-hybridized carbons (Fsp3) is 0.750. The summed E-state index contributed by atoms with van der Waals surface area (Å²) in [6.07, 6.45) is -0.188. The van der Waals surface area contributed by atoms with Gasteiger partial charge in [-0.2, -0.15) is 0 Å². The Morgan fingerprint density at radius 2 is 2.00 bits per heavy atom. The molecular formula is C4H6BrF2. The smallest absolute Gasteiger partial charge is 0.207 e. The number of hydrogen-bond acceptors (Lipinski definition) is 0. The summed E-state index contributed by atoms with van der Waals surface area (Å²) in [5.74, 6) is -2.75. The van der Waals surface area contributed by atoms with Crippen LogP contribution in [0.1, 0.15) is 6.42 Å². The molecule has 0 heterocycles. The largest absolute Gasteiger partial charge is 0.249 e. The average Bonchev–Trinajstić information content (AvgIpc) is 1.30. The van der Waals surface area contributed by atoms with Gasteiger partial charge in [0.2, 0.25) is 5.92 Å². The third-order valence-corrected chi connectivity index (χ3v) is 0.857. The Bertz CT molecular complexity index is 48.1. The van der Waals surface area contributed by atoms with Crippen LogP contribution in [0.5, 0.6) is 0 Å². The summed E-state index contributed by atoms with van der Waals surface area (Å²) < 4.78 is 23.2. The first kappa shape index (κ1) is 7.34. The predicted octanol–water partition coefficient (Wildman–Crippen LogP) is 2.24. The van der Waals surface area contributed by atoms with Crippen molar-refractivity contribution in [2.75, 3.05) is 5.33 Å². The lowest BCUT2D eigenvalue weighted by Gasteiger charge is -2.04. The zero-order chi connectivity index (χ0) is 5.91. The van der Waals surface area contributed by atoms with Crippen LogP contribution in [0.2, 0.25) is 0 Å². The Hall–Kier alpha value is 0.340. The van der Waals surface area contributed by atoms with E-state index in [0.717, 1.165) is 0 Å². The van der Waals surface area contributed by atoms with Crippen molar-refractivity contribution in [1.29, 1.82) is 0 Å². The van der Waals surface area contributed by atoms with E-state index in [1.807, 2.05) is 0 Å². The van der Waals surface area contributed by atoms with Crippen molar-refractivity contribution in [1.82, 2.24) is 0 Å². The Morgan fingerprint density at radius 3 is 2.00 bits per heavy atom. The van der Waals surface area contributed by atoms with Crippen LogP contribution in [0.15, 0.2) is 0 Å². The van der Waals surface area contributed by atoms with E-state index in [-0.39, 0.29) is 6.42 Å². The van der Waals surface area contributed by atoms with Crippen molar-refractivity contribution in [3.63, 3.8) is 0 Å². The zero-order valence-corrected chi connectivity index (χ0v) is 5.34. The van der Waals surface area contributed by atoms with Crippen LogP contribution in [-0.2, 0) is 0 Å². The average molecular weight is 172 g/mol. The maximum absolute atomic E-state index is 11.6. The summed E-state index contributed by atoms with van der Waals surface area (Å²) in [5.41, 5.74) is 0. The van der Waals surface area contributed by atoms with E-state index in [1.165, 1.54) is 0 Å². The van der Waals surface area contributed by atoms with Gasteiger partial charge in [-0.15, -0.1) is 0 Å². The third kappa shape index (κ3) is 6.34. The molecule has 43 valence electrons. The summed E-state index contributed by atoms with van der Waals surface area (Å²) in [5, 5.41) is 0.309. The highest BCUT2D eigenvalue weighted by atomic mass is 79.9. The molecule has 0 spiro atoms. The summed E-state index contributed by atoms with van der Waals surface area (Å²) >= 11 is 2.87. The first-order chi connectivity index (χ1) is 3.06. The normalized spacial score (nSPS) is 12.0. The van der Waals surface area contributed by atoms with E-state index < -0.39 is 5.92 Å². The summed E-state index contributed by atoms with van der Waals surface area (Å²) in [4.78, 5) is 0. The SMILES string of the molecule is [CH2]C(F)(F)CCBr. The van der Waals surface area contributed by atoms with Crippen molar-refractivity contribution in [2.45, 2.75) is 12.3 Å². The van der Waals surface area contributed by atoms with Crippen molar-refractivity contribution in [3.8, 4) is 0 Å². The number of hydrogen-bond donors (Lipinski definition) is 0. The van der Waals surface area contributed by atoms with Gasteiger partial charge < -0.3 is 0 Å². The molecule has 0 rings (SSSR count). The first-order valence-corrected chi connectivity index (χ1v) is 2.97. The lowest BCUT2D eigenvalue weighted by atomic mass is 10.3. The molecular weight excluding hydrogens is 166 g/mol. The monoisotopic (exact) mass is 171 g/mol. The van der Waals surface area contributed by atoms with Gasteiger partial charge in [-0.1, -0.05) is 15.9 Å². The topological polar surface area (TPSA) is 0 Å². The molecule has 0 bridgehead atoms. The molecule has 0 nitrogen and oxygen atoms in total. The summed E-state index contributed by atoms with van der Waals surface area (Å²) in [6, 6.07) is 0. The van der Waals surface area contributed by atoms with Crippen LogP contribution < -0.4 is 0 Å². The van der Waals surface area contributed by atoms with Gasteiger partial charge in [0.15, 0.2) is 0 Å². The number of halogens is 3. The quantitative estimate of drug-likeness (QED) is 0.560. The third-order valence-electron chi connectivity index (χ3n) is 0.460. The van der Waals surface area contributed by atoms with Crippen molar-refractivity contribution in [2.24, 2.45) is 0 Å². The van der Waals surface area contributed by atoms with Crippen molar-refractivity contribution < 1.29 is 8.78 Å². The Kier molecular flexibility index (Phi) is 2.73. The van der Waals surface area contributed by atoms with Crippen LogP contribution in [-0.4, -0.2) is 11.3 Å². The predicted molar refractivity (Wildman–Crippen MR) is 28.7 cm³/mol. The molecule has 3 heteroatoms. The van der Waals surface area contributed by atoms with Crippen molar-refractivity contribution >= 4 is 15.9 Å². The fourth-order valence-electron chi connectivity index (χ4n) is 0.138. The second-order valence-corrected chi connectivity index (χ2v) is 2.09. The zero-order valence-electron chi connectivity index (χ0n) is 3.76. The van der Waals surface area contributed by atoms with E-state index >= 15 is 0 Å². The lowest BCUT2D eigenvalue weighted by molar-refractivity contribution is 0.0495. The lowest BCUT2D eigenvalue weighted by Crippen LogP contribution is -2.09. The maximum Gasteiger partial charge on any atom is 0.249 e. The van der Waals surface area contributed by atoms with Crippen LogP contribution in [0, 0.1) is 6.92 Å². The molecule has 0 aromatic rings. The van der Waals surface area contributed by atoms with Gasteiger partial charge >= 0.3 is 0 Å². The molecule has 0 N–H and O–H groups in total. The highest BCUT2D eigenvalue weighted by Gasteiger charge is 2.18. The molecule has 0 saturated heterocycles. The standard InChI is InChI=1S/C4H6BrF2/c1-4(6,7)2-3-5/h1-3H2. The minimum atomic E-state index is -2.75. The molecule has 0 aromatic carbocycles. The molecule has 7 heavy (non-hydrogen) atoms. The molecule has 0 fully saturated rings. The van der Waals surface area contributed by atoms with E-state index in [9.17, 15) is 8.78 Å². The van der Waals surface area contributed by atoms with Gasteiger partial charge in [0.1, 0.15) is 0 Å². The van der Waals surface area contributed by atoms with Crippen LogP contribution in [0.4, 0.5) is 8.78 Å². The van der Waals surface area contributed by atoms with E-state index in [0.29, 0.717) is 5.33 Å². The highest BCUT2D eigenvalue weighted by Crippen LogP contribution is 2.16. The summed E-state index contributed by atoms with van der Waals surface area (Å²) in [6.45, 7) is 2.60. The van der Waals surface area contributed by atoms with Gasteiger partial charge in [-0.25, -0.2) is 8.78 Å². The Balaban J connectivity index is 3.15. The van der Waals surface area contributed by atoms with Gasteiger partial charge in [-0.3, -0.25) is 0 Å². The molecule has 1 radical (unpaired) electrons. The first-order valence-electron chi connectivity index (χ1n) is 1.85. The molecule has 0 saturated carbocycles. The molecule has 0 unspecified atom stereocenters. The van der Waals surface area contributed by atoms with E-state index in [4.69, 9.17) is 0 Å². The molecule has 0 aromatic heterocycles. The van der Waals surface area contributed by atoms with Gasteiger partial charge in [0, 0.05) is 18.7 Å². The van der Waals surface area contributed by atoms with E-state index in [2.05, 4.69) is 22.9 Å². The fourth-order valence-corrected chi connectivity index (χ4v) is 0.718.